The van der Waals surface area contributed by atoms with Crippen molar-refractivity contribution < 1.29 is 8.42 Å². The van der Waals surface area contributed by atoms with Crippen LogP contribution in [-0.4, -0.2) is 59.3 Å². The van der Waals surface area contributed by atoms with Gasteiger partial charge in [0.1, 0.15) is 0 Å². The molecule has 22 heavy (non-hydrogen) atoms. The van der Waals surface area contributed by atoms with Crippen molar-refractivity contribution in [1.82, 2.24) is 4.90 Å². The van der Waals surface area contributed by atoms with Gasteiger partial charge in [-0.15, -0.1) is 0 Å². The van der Waals surface area contributed by atoms with E-state index in [4.69, 9.17) is 0 Å². The average molecular weight is 325 g/mol. The van der Waals surface area contributed by atoms with E-state index in [0.717, 1.165) is 37.4 Å². The van der Waals surface area contributed by atoms with Gasteiger partial charge in [0.25, 0.3) is 0 Å². The number of fused-ring (bicyclic) bond motifs is 1. The second-order valence-electron chi connectivity index (χ2n) is 6.02. The minimum absolute atomic E-state index is 0.232. The average Bonchev–Trinajstić information content (AvgIpc) is 2.50. The molecule has 0 N–H and O–H groups in total. The van der Waals surface area contributed by atoms with Gasteiger partial charge in [-0.05, 0) is 32.6 Å². The summed E-state index contributed by atoms with van der Waals surface area (Å²) in [5.74, 6) is 0.232. The van der Waals surface area contributed by atoms with Crippen molar-refractivity contribution in [2.24, 2.45) is 0 Å². The summed E-state index contributed by atoms with van der Waals surface area (Å²) in [7, 11) is 0.889. The van der Waals surface area contributed by atoms with E-state index in [-0.39, 0.29) is 5.75 Å². The number of nitrogens with zero attached hydrogens (tertiary/aromatic N) is 3. The van der Waals surface area contributed by atoms with E-state index in [9.17, 15) is 8.42 Å². The van der Waals surface area contributed by atoms with Crippen molar-refractivity contribution in [3.8, 4) is 0 Å². The Morgan fingerprint density at radius 3 is 2.45 bits per heavy atom. The van der Waals surface area contributed by atoms with Crippen molar-refractivity contribution >= 4 is 21.4 Å². The molecule has 1 aliphatic rings. The van der Waals surface area contributed by atoms with Gasteiger partial charge in [-0.3, -0.25) is 4.31 Å². The molecule has 0 unspecified atom stereocenters. The molecule has 5 nitrogen and oxygen atoms in total. The molecule has 1 aromatic rings. The fourth-order valence-electron chi connectivity index (χ4n) is 2.67. The normalized spacial score (nSPS) is 15.3. The third kappa shape index (κ3) is 3.93. The quantitative estimate of drug-likeness (QED) is 0.769. The number of sulfonamides is 1. The highest BCUT2D eigenvalue weighted by Crippen LogP contribution is 2.34. The van der Waals surface area contributed by atoms with E-state index in [1.54, 1.807) is 4.31 Å². The summed E-state index contributed by atoms with van der Waals surface area (Å²) in [5.41, 5.74) is 1.85. The lowest BCUT2D eigenvalue weighted by Gasteiger charge is -2.38. The minimum atomic E-state index is -3.22. The zero-order valence-electron chi connectivity index (χ0n) is 13.8. The number of hydrogen-bond donors (Lipinski definition) is 0. The smallest absolute Gasteiger partial charge is 0.235 e. The first-order valence-corrected chi connectivity index (χ1v) is 9.55. The molecule has 0 saturated heterocycles. The lowest BCUT2D eigenvalue weighted by Crippen LogP contribution is -2.46. The maximum Gasteiger partial charge on any atom is 0.235 e. The molecule has 6 heteroatoms. The second-order valence-corrected chi connectivity index (χ2v) is 8.03. The van der Waals surface area contributed by atoms with E-state index >= 15 is 0 Å². The van der Waals surface area contributed by atoms with Crippen LogP contribution in [-0.2, 0) is 10.0 Å². The third-order valence-electron chi connectivity index (χ3n) is 3.97. The van der Waals surface area contributed by atoms with Gasteiger partial charge in [0, 0.05) is 19.6 Å². The van der Waals surface area contributed by atoms with E-state index in [1.807, 2.05) is 31.2 Å². The van der Waals surface area contributed by atoms with Crippen molar-refractivity contribution in [3.63, 3.8) is 0 Å². The van der Waals surface area contributed by atoms with E-state index in [2.05, 4.69) is 23.9 Å². The van der Waals surface area contributed by atoms with Crippen molar-refractivity contribution in [3.05, 3.63) is 24.3 Å². The fraction of sp³-hybridized carbons (Fsp3) is 0.625. The van der Waals surface area contributed by atoms with Crippen LogP contribution in [0.15, 0.2) is 24.3 Å². The van der Waals surface area contributed by atoms with Crippen LogP contribution in [0.1, 0.15) is 19.8 Å². The van der Waals surface area contributed by atoms with Crippen molar-refractivity contribution in [2.75, 3.05) is 55.2 Å². The molecule has 0 aromatic heterocycles. The van der Waals surface area contributed by atoms with Crippen molar-refractivity contribution in [1.29, 1.82) is 0 Å². The molecule has 1 aromatic carbocycles. The molecule has 0 atom stereocenters. The van der Waals surface area contributed by atoms with Gasteiger partial charge in [-0.25, -0.2) is 8.42 Å². The van der Waals surface area contributed by atoms with Gasteiger partial charge >= 0.3 is 0 Å². The van der Waals surface area contributed by atoms with E-state index < -0.39 is 10.0 Å². The summed E-state index contributed by atoms with van der Waals surface area (Å²) in [4.78, 5) is 4.42. The standard InChI is InChI=1S/C16H27N3O2S/c1-4-5-14-22(20,21)19-13-12-18(11-10-17(2)3)15-8-6-7-9-16(15)19/h6-9H,4-5,10-14H2,1-3H3. The van der Waals surface area contributed by atoms with Crippen LogP contribution in [0.5, 0.6) is 0 Å². The molecule has 0 spiro atoms. The highest BCUT2D eigenvalue weighted by Gasteiger charge is 2.29. The summed E-state index contributed by atoms with van der Waals surface area (Å²) < 4.78 is 26.8. The highest BCUT2D eigenvalue weighted by molar-refractivity contribution is 7.92. The molecule has 0 fully saturated rings. The lowest BCUT2D eigenvalue weighted by molar-refractivity contribution is 0.413. The van der Waals surface area contributed by atoms with Crippen LogP contribution in [0.25, 0.3) is 0 Å². The van der Waals surface area contributed by atoms with Crippen LogP contribution >= 0.6 is 0 Å². The van der Waals surface area contributed by atoms with Gasteiger partial charge in [-0.2, -0.15) is 0 Å². The van der Waals surface area contributed by atoms with Gasteiger partial charge in [0.15, 0.2) is 0 Å². The summed E-state index contributed by atoms with van der Waals surface area (Å²) in [6, 6.07) is 7.83. The van der Waals surface area contributed by atoms with Gasteiger partial charge in [0.05, 0.1) is 23.7 Å². The topological polar surface area (TPSA) is 43.9 Å². The molecule has 1 heterocycles. The Bertz CT molecular complexity index is 587. The Morgan fingerprint density at radius 2 is 1.82 bits per heavy atom. The van der Waals surface area contributed by atoms with Gasteiger partial charge in [0.2, 0.25) is 10.0 Å². The lowest BCUT2D eigenvalue weighted by atomic mass is 10.2. The molecular formula is C16H27N3O2S. The Hall–Kier alpha value is -1.27. The van der Waals surface area contributed by atoms with Crippen molar-refractivity contribution in [2.45, 2.75) is 19.8 Å². The Labute approximate surface area is 134 Å². The van der Waals surface area contributed by atoms with Crippen LogP contribution in [0.2, 0.25) is 0 Å². The van der Waals surface area contributed by atoms with E-state index in [0.29, 0.717) is 13.0 Å². The zero-order valence-corrected chi connectivity index (χ0v) is 14.6. The summed E-state index contributed by atoms with van der Waals surface area (Å²) >= 11 is 0. The molecule has 0 bridgehead atoms. The van der Waals surface area contributed by atoms with Gasteiger partial charge < -0.3 is 9.80 Å². The van der Waals surface area contributed by atoms with Crippen LogP contribution in [0.3, 0.4) is 0 Å². The highest BCUT2D eigenvalue weighted by atomic mass is 32.2. The Kier molecular flexibility index (Phi) is 5.69. The third-order valence-corrected chi connectivity index (χ3v) is 5.83. The molecule has 0 radical (unpaired) electrons. The number of rotatable bonds is 7. The molecule has 124 valence electrons. The Balaban J connectivity index is 2.24. The Morgan fingerprint density at radius 1 is 1.14 bits per heavy atom. The number of unbranched alkanes of at least 4 members (excludes halogenated alkanes) is 1. The number of para-hydroxylation sites is 2. The zero-order chi connectivity index (χ0) is 16.2. The van der Waals surface area contributed by atoms with E-state index in [1.165, 1.54) is 0 Å². The molecule has 0 saturated carbocycles. The summed E-state index contributed by atoms with van der Waals surface area (Å²) in [6.45, 7) is 5.17. The fourth-order valence-corrected chi connectivity index (χ4v) is 4.36. The summed E-state index contributed by atoms with van der Waals surface area (Å²) in [6.07, 6.45) is 1.61. The molecule has 0 aliphatic carbocycles. The second kappa shape index (κ2) is 7.33. The maximum atomic E-state index is 12.6. The molecule has 0 amide bonds. The largest absolute Gasteiger partial charge is 0.367 e. The monoisotopic (exact) mass is 325 g/mol. The predicted octanol–water partition coefficient (Wildman–Crippen LogP) is 2.00. The first-order chi connectivity index (χ1) is 10.5. The first-order valence-electron chi connectivity index (χ1n) is 7.95. The molecule has 1 aliphatic heterocycles. The summed E-state index contributed by atoms with van der Waals surface area (Å²) in [5, 5.41) is 0. The molecule has 2 rings (SSSR count). The minimum Gasteiger partial charge on any atom is -0.367 e. The maximum absolute atomic E-state index is 12.6. The number of anilines is 2. The number of benzene rings is 1. The molecular weight excluding hydrogens is 298 g/mol. The SMILES string of the molecule is CCCCS(=O)(=O)N1CCN(CCN(C)C)c2ccccc21. The number of hydrogen-bond acceptors (Lipinski definition) is 4. The van der Waals surface area contributed by atoms with Crippen LogP contribution < -0.4 is 9.21 Å². The van der Waals surface area contributed by atoms with Crippen LogP contribution in [0, 0.1) is 0 Å². The van der Waals surface area contributed by atoms with Gasteiger partial charge in [-0.1, -0.05) is 25.5 Å². The predicted molar refractivity (Wildman–Crippen MR) is 93.2 cm³/mol. The van der Waals surface area contributed by atoms with Crippen LogP contribution in [0.4, 0.5) is 11.4 Å². The first kappa shape index (κ1) is 17.1. The number of likely N-dealkylation sites (N-methyl/N-ethyl adjacent to an activating group) is 1.